The predicted molar refractivity (Wildman–Crippen MR) is 124 cm³/mol. The van der Waals surface area contributed by atoms with Gasteiger partial charge in [-0.3, -0.25) is 0 Å². The molecule has 29 heavy (non-hydrogen) atoms. The fourth-order valence-electron chi connectivity index (χ4n) is 4.29. The molecule has 0 bridgehead atoms. The number of hydrogen-bond donors (Lipinski definition) is 0. The molecule has 1 atom stereocenters. The minimum atomic E-state index is -1.68. The Kier molecular flexibility index (Phi) is 10.2. The van der Waals surface area contributed by atoms with Crippen molar-refractivity contribution in [2.75, 3.05) is 20.3 Å². The second-order valence-corrected chi connectivity index (χ2v) is 12.8. The molecule has 0 spiro atoms. The van der Waals surface area contributed by atoms with Crippen LogP contribution in [0.2, 0.25) is 18.1 Å². The standard InChI is InChI=1S/C25H40O3Si/c1-6-29(7-2,8-3)28-25-16-12-15-23(24(25)17-18-26-5)21(4)19-27-20-22-13-10-9-11-14-22/h9-11,13-14,23H,4,6-8,12,15-20H2,1-3,5H3/t23-/m1/s1. The highest BCUT2D eigenvalue weighted by Gasteiger charge is 2.34. The van der Waals surface area contributed by atoms with Crippen LogP contribution in [0.5, 0.6) is 0 Å². The number of rotatable bonds is 13. The zero-order valence-electron chi connectivity index (χ0n) is 19.0. The molecule has 0 amide bonds. The third kappa shape index (κ3) is 6.83. The first-order chi connectivity index (χ1) is 14.1. The molecule has 0 saturated carbocycles. The van der Waals surface area contributed by atoms with E-state index in [1.165, 1.54) is 40.6 Å². The number of benzene rings is 1. The van der Waals surface area contributed by atoms with Gasteiger partial charge in [0.1, 0.15) is 0 Å². The Morgan fingerprint density at radius 3 is 2.41 bits per heavy atom. The molecule has 0 radical (unpaired) electrons. The minimum Gasteiger partial charge on any atom is -0.547 e. The zero-order valence-corrected chi connectivity index (χ0v) is 20.0. The van der Waals surface area contributed by atoms with Gasteiger partial charge in [-0.2, -0.15) is 0 Å². The smallest absolute Gasteiger partial charge is 0.250 e. The highest BCUT2D eigenvalue weighted by Crippen LogP contribution is 2.39. The molecule has 1 aliphatic rings. The molecule has 0 saturated heterocycles. The Hall–Kier alpha value is -1.36. The van der Waals surface area contributed by atoms with E-state index in [0.717, 1.165) is 32.3 Å². The lowest BCUT2D eigenvalue weighted by molar-refractivity contribution is 0.135. The molecule has 0 fully saturated rings. The molecular formula is C25H40O3Si. The molecule has 0 heterocycles. The van der Waals surface area contributed by atoms with Crippen molar-refractivity contribution in [3.8, 4) is 0 Å². The Morgan fingerprint density at radius 2 is 1.79 bits per heavy atom. The summed E-state index contributed by atoms with van der Waals surface area (Å²) in [5.74, 6) is 1.60. The molecule has 1 aliphatic carbocycles. The lowest BCUT2D eigenvalue weighted by Crippen LogP contribution is -2.36. The third-order valence-electron chi connectivity index (χ3n) is 6.42. The summed E-state index contributed by atoms with van der Waals surface area (Å²) >= 11 is 0. The van der Waals surface area contributed by atoms with Gasteiger partial charge < -0.3 is 13.9 Å². The fraction of sp³-hybridized carbons (Fsp3) is 0.600. The number of hydrogen-bond acceptors (Lipinski definition) is 3. The van der Waals surface area contributed by atoms with Gasteiger partial charge in [-0.15, -0.1) is 0 Å². The Balaban J connectivity index is 2.11. The van der Waals surface area contributed by atoms with Gasteiger partial charge in [0.05, 0.1) is 25.6 Å². The lowest BCUT2D eigenvalue weighted by atomic mass is 9.80. The van der Waals surface area contributed by atoms with Crippen molar-refractivity contribution >= 4 is 8.32 Å². The van der Waals surface area contributed by atoms with Gasteiger partial charge >= 0.3 is 0 Å². The summed E-state index contributed by atoms with van der Waals surface area (Å²) in [6, 6.07) is 13.9. The quantitative estimate of drug-likeness (QED) is 0.259. The summed E-state index contributed by atoms with van der Waals surface area (Å²) in [5.41, 5.74) is 3.79. The van der Waals surface area contributed by atoms with Crippen molar-refractivity contribution in [2.24, 2.45) is 5.92 Å². The van der Waals surface area contributed by atoms with Gasteiger partial charge in [0.25, 0.3) is 0 Å². The Bertz CT molecular complexity index is 641. The second-order valence-electron chi connectivity index (χ2n) is 8.12. The first-order valence-corrected chi connectivity index (χ1v) is 13.8. The van der Waals surface area contributed by atoms with E-state index in [1.807, 2.05) is 6.07 Å². The van der Waals surface area contributed by atoms with Gasteiger partial charge in [-0.25, -0.2) is 0 Å². The molecule has 162 valence electrons. The van der Waals surface area contributed by atoms with Gasteiger partial charge in [-0.05, 0) is 54.1 Å². The summed E-state index contributed by atoms with van der Waals surface area (Å²) in [5, 5.41) is 0. The largest absolute Gasteiger partial charge is 0.547 e. The molecule has 1 aromatic rings. The van der Waals surface area contributed by atoms with Crippen LogP contribution < -0.4 is 0 Å². The number of ether oxygens (including phenoxy) is 2. The third-order valence-corrected chi connectivity index (χ3v) is 11.0. The molecule has 2 rings (SSSR count). The van der Waals surface area contributed by atoms with Crippen LogP contribution in [0.3, 0.4) is 0 Å². The molecule has 1 aromatic carbocycles. The Labute approximate surface area is 179 Å². The number of methoxy groups -OCH3 is 1. The average Bonchev–Trinajstić information content (AvgIpc) is 2.77. The average molecular weight is 417 g/mol. The van der Waals surface area contributed by atoms with Gasteiger partial charge in [0.2, 0.25) is 8.32 Å². The monoisotopic (exact) mass is 416 g/mol. The summed E-state index contributed by atoms with van der Waals surface area (Å²) in [6.45, 7) is 13.3. The van der Waals surface area contributed by atoms with Crippen molar-refractivity contribution in [3.63, 3.8) is 0 Å². The van der Waals surface area contributed by atoms with Gasteiger partial charge in [-0.1, -0.05) is 57.7 Å². The number of allylic oxidation sites excluding steroid dienone is 1. The maximum Gasteiger partial charge on any atom is 0.250 e. The topological polar surface area (TPSA) is 27.7 Å². The molecule has 3 nitrogen and oxygen atoms in total. The first kappa shape index (κ1) is 23.9. The molecular weight excluding hydrogens is 376 g/mol. The van der Waals surface area contributed by atoms with Crippen molar-refractivity contribution in [3.05, 3.63) is 59.4 Å². The van der Waals surface area contributed by atoms with Crippen molar-refractivity contribution in [1.29, 1.82) is 0 Å². The van der Waals surface area contributed by atoms with Crippen LogP contribution in [0.1, 0.15) is 52.0 Å². The molecule has 4 heteroatoms. The summed E-state index contributed by atoms with van der Waals surface area (Å²) in [7, 11) is 0.0984. The SMILES string of the molecule is C=C(COCc1ccccc1)[C@H]1CCCC(O[Si](CC)(CC)CC)=C1CCOC. The first-order valence-electron chi connectivity index (χ1n) is 11.3. The highest BCUT2D eigenvalue weighted by molar-refractivity contribution is 6.73. The Morgan fingerprint density at radius 1 is 1.10 bits per heavy atom. The maximum atomic E-state index is 6.87. The van der Waals surface area contributed by atoms with E-state index in [1.54, 1.807) is 7.11 Å². The lowest BCUT2D eigenvalue weighted by Gasteiger charge is -2.36. The normalized spacial score (nSPS) is 17.4. The van der Waals surface area contributed by atoms with Crippen LogP contribution in [0.25, 0.3) is 0 Å². The van der Waals surface area contributed by atoms with Crippen LogP contribution in [0.15, 0.2) is 53.8 Å². The van der Waals surface area contributed by atoms with E-state index in [0.29, 0.717) is 19.1 Å². The van der Waals surface area contributed by atoms with Crippen molar-refractivity contribution in [1.82, 2.24) is 0 Å². The van der Waals surface area contributed by atoms with Gasteiger partial charge in [0.15, 0.2) is 0 Å². The maximum absolute atomic E-state index is 6.87. The minimum absolute atomic E-state index is 0.349. The van der Waals surface area contributed by atoms with E-state index in [9.17, 15) is 0 Å². The van der Waals surface area contributed by atoms with E-state index in [4.69, 9.17) is 13.9 Å². The van der Waals surface area contributed by atoms with Crippen molar-refractivity contribution in [2.45, 2.75) is 71.2 Å². The van der Waals surface area contributed by atoms with E-state index in [2.05, 4.69) is 51.6 Å². The predicted octanol–water partition coefficient (Wildman–Crippen LogP) is 6.87. The molecule has 0 N–H and O–H groups in total. The van der Waals surface area contributed by atoms with E-state index >= 15 is 0 Å². The summed E-state index contributed by atoms with van der Waals surface area (Å²) < 4.78 is 18.3. The van der Waals surface area contributed by atoms with Crippen LogP contribution in [0, 0.1) is 5.92 Å². The van der Waals surface area contributed by atoms with E-state index < -0.39 is 8.32 Å². The van der Waals surface area contributed by atoms with Gasteiger partial charge in [0, 0.05) is 19.4 Å². The van der Waals surface area contributed by atoms with Crippen LogP contribution >= 0.6 is 0 Å². The van der Waals surface area contributed by atoms with E-state index in [-0.39, 0.29) is 0 Å². The van der Waals surface area contributed by atoms with Crippen LogP contribution in [0.4, 0.5) is 0 Å². The zero-order chi connectivity index (χ0) is 21.1. The highest BCUT2D eigenvalue weighted by atomic mass is 28.4. The molecule has 0 aliphatic heterocycles. The summed E-state index contributed by atoms with van der Waals surface area (Å²) in [4.78, 5) is 0. The van der Waals surface area contributed by atoms with Crippen LogP contribution in [-0.2, 0) is 20.5 Å². The van der Waals surface area contributed by atoms with Crippen LogP contribution in [-0.4, -0.2) is 28.6 Å². The molecule has 0 unspecified atom stereocenters. The summed E-state index contributed by atoms with van der Waals surface area (Å²) in [6.07, 6.45) is 4.28. The van der Waals surface area contributed by atoms with Crippen molar-refractivity contribution < 1.29 is 13.9 Å². The fourth-order valence-corrected chi connectivity index (χ4v) is 6.98. The molecule has 0 aromatic heterocycles. The second kappa shape index (κ2) is 12.4.